The van der Waals surface area contributed by atoms with Gasteiger partial charge in [0.05, 0.1) is 6.10 Å². The number of furan rings is 1. The van der Waals surface area contributed by atoms with Crippen LogP contribution in [-0.4, -0.2) is 16.3 Å². The molecule has 0 aliphatic carbocycles. The maximum atomic E-state index is 13.0. The van der Waals surface area contributed by atoms with Crippen molar-refractivity contribution >= 4 is 11.0 Å². The van der Waals surface area contributed by atoms with Crippen LogP contribution in [0.2, 0.25) is 0 Å². The van der Waals surface area contributed by atoms with Crippen LogP contribution in [0.15, 0.2) is 28.7 Å². The van der Waals surface area contributed by atoms with Crippen LogP contribution in [0.3, 0.4) is 0 Å². The molecule has 1 heterocycles. The third kappa shape index (κ3) is 2.48. The molecule has 2 N–H and O–H groups in total. The topological polar surface area (TPSA) is 53.6 Å². The minimum Gasteiger partial charge on any atom is -0.458 e. The van der Waals surface area contributed by atoms with E-state index in [2.05, 4.69) is 0 Å². The lowest BCUT2D eigenvalue weighted by Crippen LogP contribution is -2.17. The van der Waals surface area contributed by atoms with Gasteiger partial charge in [-0.15, -0.1) is 0 Å². The minimum absolute atomic E-state index is 0.270. The van der Waals surface area contributed by atoms with Gasteiger partial charge in [-0.3, -0.25) is 0 Å². The Labute approximate surface area is 98.5 Å². The zero-order chi connectivity index (χ0) is 12.4. The van der Waals surface area contributed by atoms with Crippen molar-refractivity contribution < 1.29 is 19.0 Å². The van der Waals surface area contributed by atoms with Gasteiger partial charge < -0.3 is 14.6 Å². The maximum Gasteiger partial charge on any atom is 0.137 e. The highest BCUT2D eigenvalue weighted by molar-refractivity contribution is 5.77. The smallest absolute Gasteiger partial charge is 0.137 e. The molecule has 0 aliphatic rings. The van der Waals surface area contributed by atoms with E-state index in [4.69, 9.17) is 4.42 Å². The normalized spacial score (nSPS) is 15.1. The molecule has 0 saturated carbocycles. The third-order valence-electron chi connectivity index (χ3n) is 2.74. The molecule has 0 saturated heterocycles. The van der Waals surface area contributed by atoms with Crippen LogP contribution >= 0.6 is 0 Å². The zero-order valence-electron chi connectivity index (χ0n) is 9.56. The summed E-state index contributed by atoms with van der Waals surface area (Å²) >= 11 is 0. The zero-order valence-corrected chi connectivity index (χ0v) is 9.56. The van der Waals surface area contributed by atoms with E-state index >= 15 is 0 Å². The lowest BCUT2D eigenvalue weighted by Gasteiger charge is -2.14. The van der Waals surface area contributed by atoms with Crippen molar-refractivity contribution in [3.8, 4) is 0 Å². The molecule has 0 amide bonds. The molecule has 0 aliphatic heterocycles. The fraction of sp³-hybridized carbons (Fsp3) is 0.385. The van der Waals surface area contributed by atoms with E-state index in [0.717, 1.165) is 6.42 Å². The van der Waals surface area contributed by atoms with Crippen LogP contribution in [0.4, 0.5) is 4.39 Å². The largest absolute Gasteiger partial charge is 0.458 e. The summed E-state index contributed by atoms with van der Waals surface area (Å²) < 4.78 is 18.3. The maximum absolute atomic E-state index is 13.0. The number of rotatable bonds is 4. The van der Waals surface area contributed by atoms with Gasteiger partial charge in [0, 0.05) is 5.39 Å². The average molecular weight is 238 g/mol. The average Bonchev–Trinajstić information content (AvgIpc) is 2.71. The number of hydrogen-bond acceptors (Lipinski definition) is 3. The van der Waals surface area contributed by atoms with Gasteiger partial charge in [0.15, 0.2) is 0 Å². The molecule has 0 radical (unpaired) electrons. The Balaban J connectivity index is 2.29. The first-order chi connectivity index (χ1) is 8.11. The number of aliphatic hydroxyl groups is 2. The molecule has 2 unspecified atom stereocenters. The van der Waals surface area contributed by atoms with Crippen molar-refractivity contribution in [3.63, 3.8) is 0 Å². The van der Waals surface area contributed by atoms with Crippen LogP contribution in [0.1, 0.15) is 31.6 Å². The summed E-state index contributed by atoms with van der Waals surface area (Å²) in [6.07, 6.45) is -0.657. The van der Waals surface area contributed by atoms with Crippen LogP contribution in [0.25, 0.3) is 11.0 Å². The van der Waals surface area contributed by atoms with Gasteiger partial charge in [0.2, 0.25) is 0 Å². The molecule has 1 aromatic carbocycles. The summed E-state index contributed by atoms with van der Waals surface area (Å²) in [4.78, 5) is 0. The Hall–Kier alpha value is -1.39. The number of benzene rings is 1. The lowest BCUT2D eigenvalue weighted by molar-refractivity contribution is 0.00151. The van der Waals surface area contributed by atoms with Crippen LogP contribution in [0.5, 0.6) is 0 Å². The van der Waals surface area contributed by atoms with Crippen molar-refractivity contribution in [2.24, 2.45) is 0 Å². The minimum atomic E-state index is -1.06. The molecule has 0 bridgehead atoms. The van der Waals surface area contributed by atoms with Crippen LogP contribution in [0, 0.1) is 5.82 Å². The summed E-state index contributed by atoms with van der Waals surface area (Å²) in [5.74, 6) is -0.0833. The predicted octanol–water partition coefficient (Wildman–Crippen LogP) is 2.77. The van der Waals surface area contributed by atoms with E-state index in [-0.39, 0.29) is 11.6 Å². The first-order valence-corrected chi connectivity index (χ1v) is 5.67. The SMILES string of the molecule is CCCC(O)C(O)c1cc2cc(F)ccc2o1. The predicted molar refractivity (Wildman–Crippen MR) is 62.0 cm³/mol. The Bertz CT molecular complexity index is 506. The second-order valence-electron chi connectivity index (χ2n) is 4.13. The highest BCUT2D eigenvalue weighted by Crippen LogP contribution is 2.27. The Morgan fingerprint density at radius 2 is 2.06 bits per heavy atom. The van der Waals surface area contributed by atoms with Crippen LogP contribution < -0.4 is 0 Å². The van der Waals surface area contributed by atoms with E-state index in [1.807, 2.05) is 6.92 Å². The van der Waals surface area contributed by atoms with Crippen molar-refractivity contribution in [2.75, 3.05) is 0 Å². The van der Waals surface area contributed by atoms with E-state index in [1.165, 1.54) is 18.2 Å². The van der Waals surface area contributed by atoms with E-state index in [9.17, 15) is 14.6 Å². The molecule has 2 rings (SSSR count). The highest BCUT2D eigenvalue weighted by Gasteiger charge is 2.21. The molecule has 2 aromatic rings. The van der Waals surface area contributed by atoms with Crippen molar-refractivity contribution in [2.45, 2.75) is 32.0 Å². The fourth-order valence-electron chi connectivity index (χ4n) is 1.82. The second kappa shape index (κ2) is 4.85. The molecular formula is C13H15FO3. The first kappa shape index (κ1) is 12.1. The van der Waals surface area contributed by atoms with Crippen LogP contribution in [-0.2, 0) is 0 Å². The molecule has 92 valence electrons. The standard InChI is InChI=1S/C13H15FO3/c1-2-3-10(15)13(16)12-7-8-6-9(14)4-5-11(8)17-12/h4-7,10,13,15-16H,2-3H2,1H3. The quantitative estimate of drug-likeness (QED) is 0.861. The summed E-state index contributed by atoms with van der Waals surface area (Å²) in [5, 5.41) is 20.1. The van der Waals surface area contributed by atoms with Gasteiger partial charge in [0.1, 0.15) is 23.3 Å². The van der Waals surface area contributed by atoms with Crippen molar-refractivity contribution in [3.05, 3.63) is 35.8 Å². The summed E-state index contributed by atoms with van der Waals surface area (Å²) in [7, 11) is 0. The molecular weight excluding hydrogens is 223 g/mol. The molecule has 1 aromatic heterocycles. The van der Waals surface area contributed by atoms with Gasteiger partial charge in [-0.25, -0.2) is 4.39 Å². The molecule has 17 heavy (non-hydrogen) atoms. The van der Waals surface area contributed by atoms with Gasteiger partial charge in [-0.2, -0.15) is 0 Å². The Morgan fingerprint density at radius 1 is 1.29 bits per heavy atom. The van der Waals surface area contributed by atoms with Crippen molar-refractivity contribution in [1.29, 1.82) is 0 Å². The summed E-state index contributed by atoms with van der Waals surface area (Å²) in [6, 6.07) is 5.70. The third-order valence-corrected chi connectivity index (χ3v) is 2.74. The molecule has 4 heteroatoms. The molecule has 0 fully saturated rings. The van der Waals surface area contributed by atoms with Gasteiger partial charge in [0.25, 0.3) is 0 Å². The van der Waals surface area contributed by atoms with E-state index in [0.29, 0.717) is 17.4 Å². The number of fused-ring (bicyclic) bond motifs is 1. The highest BCUT2D eigenvalue weighted by atomic mass is 19.1. The lowest BCUT2D eigenvalue weighted by atomic mass is 10.1. The second-order valence-corrected chi connectivity index (χ2v) is 4.13. The fourth-order valence-corrected chi connectivity index (χ4v) is 1.82. The van der Waals surface area contributed by atoms with Gasteiger partial charge in [-0.05, 0) is 30.7 Å². The molecule has 2 atom stereocenters. The molecule has 0 spiro atoms. The van der Waals surface area contributed by atoms with Gasteiger partial charge >= 0.3 is 0 Å². The number of aliphatic hydroxyl groups excluding tert-OH is 2. The summed E-state index contributed by atoms with van der Waals surface area (Å²) in [5.41, 5.74) is 0.504. The Kier molecular flexibility index (Phi) is 3.45. The monoisotopic (exact) mass is 238 g/mol. The van der Waals surface area contributed by atoms with E-state index in [1.54, 1.807) is 6.07 Å². The Morgan fingerprint density at radius 3 is 2.76 bits per heavy atom. The number of hydrogen-bond donors (Lipinski definition) is 2. The number of halogens is 1. The van der Waals surface area contributed by atoms with Gasteiger partial charge in [-0.1, -0.05) is 13.3 Å². The first-order valence-electron chi connectivity index (χ1n) is 5.67. The summed E-state index contributed by atoms with van der Waals surface area (Å²) in [6.45, 7) is 1.92. The molecule has 3 nitrogen and oxygen atoms in total. The van der Waals surface area contributed by atoms with Crippen molar-refractivity contribution in [1.82, 2.24) is 0 Å². The van der Waals surface area contributed by atoms with E-state index < -0.39 is 12.2 Å².